The van der Waals surface area contributed by atoms with Gasteiger partial charge in [-0.25, -0.2) is 4.98 Å². The van der Waals surface area contributed by atoms with E-state index in [1.807, 2.05) is 11.4 Å². The van der Waals surface area contributed by atoms with Crippen molar-refractivity contribution in [1.29, 1.82) is 0 Å². The third-order valence-electron chi connectivity index (χ3n) is 3.58. The van der Waals surface area contributed by atoms with Crippen LogP contribution < -0.4 is 10.6 Å². The van der Waals surface area contributed by atoms with Crippen LogP contribution in [0.4, 0.5) is 10.8 Å². The molecular weight excluding hydrogens is 258 g/mol. The van der Waals surface area contributed by atoms with Crippen LogP contribution in [-0.2, 0) is 4.74 Å². The lowest BCUT2D eigenvalue weighted by Crippen LogP contribution is -2.28. The molecule has 2 atom stereocenters. The number of benzene rings is 1. The summed E-state index contributed by atoms with van der Waals surface area (Å²) < 4.78 is 5.62. The van der Waals surface area contributed by atoms with Crippen LogP contribution >= 0.6 is 11.3 Å². The van der Waals surface area contributed by atoms with E-state index in [1.54, 1.807) is 7.11 Å². The molecule has 4 nitrogen and oxygen atoms in total. The van der Waals surface area contributed by atoms with Gasteiger partial charge in [-0.3, -0.25) is 0 Å². The van der Waals surface area contributed by atoms with Crippen molar-refractivity contribution in [2.75, 3.05) is 24.3 Å². The first kappa shape index (κ1) is 12.4. The molecule has 19 heavy (non-hydrogen) atoms. The molecule has 5 heteroatoms. The number of hydrogen-bond donors (Lipinski definition) is 1. The van der Waals surface area contributed by atoms with Crippen molar-refractivity contribution in [3.63, 3.8) is 0 Å². The van der Waals surface area contributed by atoms with Gasteiger partial charge < -0.3 is 15.4 Å². The molecule has 0 saturated carbocycles. The Kier molecular flexibility index (Phi) is 3.40. The molecule has 2 aromatic rings. The molecule has 1 aliphatic heterocycles. The van der Waals surface area contributed by atoms with Crippen molar-refractivity contribution in [2.24, 2.45) is 0 Å². The first-order valence-corrected chi connectivity index (χ1v) is 7.23. The molecule has 1 fully saturated rings. The fraction of sp³-hybridized carbons (Fsp3) is 0.357. The maximum Gasteiger partial charge on any atom is 0.180 e. The fourth-order valence-electron chi connectivity index (χ4n) is 2.71. The molecule has 1 aromatic carbocycles. The highest BCUT2D eigenvalue weighted by Gasteiger charge is 2.37. The molecule has 1 aromatic heterocycles. The number of para-hydroxylation sites is 1. The van der Waals surface area contributed by atoms with E-state index in [9.17, 15) is 0 Å². The number of nitrogens with zero attached hydrogens (tertiary/aromatic N) is 2. The number of anilines is 2. The van der Waals surface area contributed by atoms with Crippen LogP contribution in [0.5, 0.6) is 0 Å². The van der Waals surface area contributed by atoms with Gasteiger partial charge in [0.1, 0.15) is 0 Å². The van der Waals surface area contributed by atoms with E-state index in [0.717, 1.165) is 18.7 Å². The van der Waals surface area contributed by atoms with E-state index in [-0.39, 0.29) is 12.1 Å². The number of thiazole rings is 1. The van der Waals surface area contributed by atoms with E-state index in [0.29, 0.717) is 5.13 Å². The largest absolute Gasteiger partial charge is 0.379 e. The number of nitrogen functional groups attached to an aromatic ring is 1. The number of methoxy groups -OCH3 is 1. The molecule has 0 spiro atoms. The number of hydrogen-bond acceptors (Lipinski definition) is 5. The Morgan fingerprint density at radius 1 is 1.37 bits per heavy atom. The topological polar surface area (TPSA) is 51.4 Å². The average Bonchev–Trinajstić information content (AvgIpc) is 3.05. The molecule has 2 heterocycles. The van der Waals surface area contributed by atoms with Gasteiger partial charge in [0.25, 0.3) is 0 Å². The van der Waals surface area contributed by atoms with Gasteiger partial charge in [-0.1, -0.05) is 18.2 Å². The van der Waals surface area contributed by atoms with Gasteiger partial charge in [-0.05, 0) is 18.6 Å². The minimum Gasteiger partial charge on any atom is -0.379 e. The highest BCUT2D eigenvalue weighted by atomic mass is 32.1. The third kappa shape index (κ3) is 2.31. The summed E-state index contributed by atoms with van der Waals surface area (Å²) in [5.41, 5.74) is 7.98. The van der Waals surface area contributed by atoms with Crippen molar-refractivity contribution in [1.82, 2.24) is 4.98 Å². The Bertz CT molecular complexity index is 543. The summed E-state index contributed by atoms with van der Waals surface area (Å²) in [7, 11) is 1.77. The van der Waals surface area contributed by atoms with Crippen LogP contribution in [0.25, 0.3) is 0 Å². The highest BCUT2D eigenvalue weighted by molar-refractivity contribution is 7.13. The molecule has 0 aliphatic carbocycles. The second kappa shape index (κ2) is 5.19. The van der Waals surface area contributed by atoms with Gasteiger partial charge in [0, 0.05) is 24.7 Å². The summed E-state index contributed by atoms with van der Waals surface area (Å²) in [5, 5.41) is 2.65. The van der Waals surface area contributed by atoms with Crippen LogP contribution in [0.1, 0.15) is 18.2 Å². The smallest absolute Gasteiger partial charge is 0.180 e. The molecule has 0 unspecified atom stereocenters. The predicted molar refractivity (Wildman–Crippen MR) is 78.5 cm³/mol. The van der Waals surface area contributed by atoms with Gasteiger partial charge >= 0.3 is 0 Å². The monoisotopic (exact) mass is 275 g/mol. The lowest BCUT2D eigenvalue weighted by atomic mass is 10.1. The van der Waals surface area contributed by atoms with Crippen molar-refractivity contribution in [3.05, 3.63) is 41.4 Å². The second-order valence-electron chi connectivity index (χ2n) is 4.65. The van der Waals surface area contributed by atoms with Gasteiger partial charge in [0.05, 0.1) is 17.8 Å². The lowest BCUT2D eigenvalue weighted by molar-refractivity contribution is 0.0946. The molecule has 3 rings (SSSR count). The lowest BCUT2D eigenvalue weighted by Gasteiger charge is -2.28. The standard InChI is InChI=1S/C14H17N3OS/c1-18-12-7-8-17(10-5-3-2-4-6-10)13(12)11-9-19-14(15)16-11/h2-6,9,12-13H,7-8H2,1H3,(H2,15,16)/t12-,13-/m0/s1. The van der Waals surface area contributed by atoms with Crippen molar-refractivity contribution in [2.45, 2.75) is 18.6 Å². The highest BCUT2D eigenvalue weighted by Crippen LogP contribution is 2.38. The zero-order chi connectivity index (χ0) is 13.2. The van der Waals surface area contributed by atoms with E-state index in [2.05, 4.69) is 34.1 Å². The molecule has 2 N–H and O–H groups in total. The normalized spacial score (nSPS) is 22.9. The summed E-state index contributed by atoms with van der Waals surface area (Å²) in [6, 6.07) is 10.6. The number of ether oxygens (including phenoxy) is 1. The summed E-state index contributed by atoms with van der Waals surface area (Å²) in [4.78, 5) is 6.79. The van der Waals surface area contributed by atoms with Crippen molar-refractivity contribution < 1.29 is 4.74 Å². The molecular formula is C14H17N3OS. The SMILES string of the molecule is CO[C@H]1CCN(c2ccccc2)[C@H]1c1csc(N)n1. The van der Waals surface area contributed by atoms with Crippen LogP contribution in [0.2, 0.25) is 0 Å². The van der Waals surface area contributed by atoms with E-state index >= 15 is 0 Å². The summed E-state index contributed by atoms with van der Waals surface area (Å²) in [5.74, 6) is 0. The van der Waals surface area contributed by atoms with Crippen LogP contribution in [0.15, 0.2) is 35.7 Å². The van der Waals surface area contributed by atoms with E-state index in [1.165, 1.54) is 17.0 Å². The van der Waals surface area contributed by atoms with Crippen molar-refractivity contribution in [3.8, 4) is 0 Å². The second-order valence-corrected chi connectivity index (χ2v) is 5.54. The third-order valence-corrected chi connectivity index (χ3v) is 4.27. The number of aromatic nitrogens is 1. The maximum absolute atomic E-state index is 5.77. The first-order chi connectivity index (χ1) is 9.29. The van der Waals surface area contributed by atoms with Gasteiger partial charge in [-0.2, -0.15) is 0 Å². The average molecular weight is 275 g/mol. The van der Waals surface area contributed by atoms with Crippen molar-refractivity contribution >= 4 is 22.2 Å². The Labute approximate surface area is 116 Å². The van der Waals surface area contributed by atoms with E-state index in [4.69, 9.17) is 10.5 Å². The Hall–Kier alpha value is -1.59. The maximum atomic E-state index is 5.77. The Morgan fingerprint density at radius 2 is 2.16 bits per heavy atom. The zero-order valence-corrected chi connectivity index (χ0v) is 11.6. The molecule has 100 valence electrons. The quantitative estimate of drug-likeness (QED) is 0.935. The Morgan fingerprint density at radius 3 is 2.79 bits per heavy atom. The fourth-order valence-corrected chi connectivity index (χ4v) is 3.30. The number of nitrogens with two attached hydrogens (primary N) is 1. The molecule has 0 bridgehead atoms. The number of rotatable bonds is 3. The predicted octanol–water partition coefficient (Wildman–Crippen LogP) is 2.69. The van der Waals surface area contributed by atoms with Gasteiger partial charge in [0.15, 0.2) is 5.13 Å². The summed E-state index contributed by atoms with van der Waals surface area (Å²) in [6.07, 6.45) is 1.18. The first-order valence-electron chi connectivity index (χ1n) is 6.35. The summed E-state index contributed by atoms with van der Waals surface area (Å²) in [6.45, 7) is 0.977. The van der Waals surface area contributed by atoms with Gasteiger partial charge in [0.2, 0.25) is 0 Å². The van der Waals surface area contributed by atoms with Gasteiger partial charge in [-0.15, -0.1) is 11.3 Å². The van der Waals surface area contributed by atoms with Crippen LogP contribution in [0.3, 0.4) is 0 Å². The summed E-state index contributed by atoms with van der Waals surface area (Å²) >= 11 is 1.49. The zero-order valence-electron chi connectivity index (χ0n) is 10.8. The van der Waals surface area contributed by atoms with Crippen LogP contribution in [-0.4, -0.2) is 24.7 Å². The molecule has 1 saturated heterocycles. The van der Waals surface area contributed by atoms with E-state index < -0.39 is 0 Å². The van der Waals surface area contributed by atoms with Crippen LogP contribution in [0, 0.1) is 0 Å². The molecule has 1 aliphatic rings. The molecule has 0 radical (unpaired) electrons. The minimum absolute atomic E-state index is 0.154. The Balaban J connectivity index is 1.96. The minimum atomic E-state index is 0.154. The molecule has 0 amide bonds.